The van der Waals surface area contributed by atoms with E-state index in [-0.39, 0.29) is 0 Å². The van der Waals surface area contributed by atoms with Crippen LogP contribution in [0.3, 0.4) is 0 Å². The minimum atomic E-state index is -4.35. The molecule has 2 aliphatic rings. The fraction of sp³-hybridized carbons (Fsp3) is 0.500. The Morgan fingerprint density at radius 1 is 1.15 bits per heavy atom. The van der Waals surface area contributed by atoms with E-state index in [0.717, 1.165) is 17.8 Å². The molecule has 20 heavy (non-hydrogen) atoms. The van der Waals surface area contributed by atoms with Gasteiger partial charge in [0.2, 0.25) is 0 Å². The lowest BCUT2D eigenvalue weighted by Crippen LogP contribution is -2.31. The molecule has 0 atom stereocenters. The highest BCUT2D eigenvalue weighted by Gasteiger charge is 2.38. The SMILES string of the molecule is FC(F)(F)c1ccc(C2=CCC3(CC2)OCCO3)nc1. The van der Waals surface area contributed by atoms with Gasteiger partial charge >= 0.3 is 6.18 Å². The van der Waals surface area contributed by atoms with Crippen LogP contribution in [0, 0.1) is 0 Å². The molecule has 1 aliphatic carbocycles. The molecule has 0 radical (unpaired) electrons. The number of hydrogen-bond donors (Lipinski definition) is 0. The van der Waals surface area contributed by atoms with Gasteiger partial charge in [-0.15, -0.1) is 0 Å². The quantitative estimate of drug-likeness (QED) is 0.792. The number of alkyl halides is 3. The number of aromatic nitrogens is 1. The maximum atomic E-state index is 12.5. The van der Waals surface area contributed by atoms with Gasteiger partial charge in [-0.3, -0.25) is 4.98 Å². The number of allylic oxidation sites excluding steroid dienone is 1. The van der Waals surface area contributed by atoms with Crippen LogP contribution >= 0.6 is 0 Å². The Labute approximate surface area is 114 Å². The molecule has 2 heterocycles. The second-order valence-electron chi connectivity index (χ2n) is 4.97. The third kappa shape index (κ3) is 2.58. The highest BCUT2D eigenvalue weighted by molar-refractivity contribution is 5.63. The predicted molar refractivity (Wildman–Crippen MR) is 65.7 cm³/mol. The first-order chi connectivity index (χ1) is 9.49. The molecule has 1 saturated heterocycles. The van der Waals surface area contributed by atoms with Gasteiger partial charge in [-0.2, -0.15) is 13.2 Å². The van der Waals surface area contributed by atoms with Gasteiger partial charge < -0.3 is 9.47 Å². The van der Waals surface area contributed by atoms with E-state index < -0.39 is 17.5 Å². The average Bonchev–Trinajstić information content (AvgIpc) is 2.87. The van der Waals surface area contributed by atoms with Crippen molar-refractivity contribution in [3.63, 3.8) is 0 Å². The summed E-state index contributed by atoms with van der Waals surface area (Å²) in [5.74, 6) is -0.518. The molecule has 0 N–H and O–H groups in total. The van der Waals surface area contributed by atoms with E-state index in [4.69, 9.17) is 9.47 Å². The van der Waals surface area contributed by atoms with Gasteiger partial charge in [-0.25, -0.2) is 0 Å². The Balaban J connectivity index is 1.76. The Kier molecular flexibility index (Phi) is 3.30. The van der Waals surface area contributed by atoms with Gasteiger partial charge in [0.15, 0.2) is 5.79 Å². The summed E-state index contributed by atoms with van der Waals surface area (Å²) >= 11 is 0. The molecule has 0 saturated carbocycles. The predicted octanol–water partition coefficient (Wildman–Crippen LogP) is 3.41. The molecule has 1 spiro atoms. The third-order valence-electron chi connectivity index (χ3n) is 3.67. The Morgan fingerprint density at radius 3 is 2.40 bits per heavy atom. The summed E-state index contributed by atoms with van der Waals surface area (Å²) in [4.78, 5) is 3.91. The summed E-state index contributed by atoms with van der Waals surface area (Å²) in [6, 6.07) is 2.49. The molecule has 108 valence electrons. The Hall–Kier alpha value is -1.40. The fourth-order valence-electron chi connectivity index (χ4n) is 2.55. The van der Waals surface area contributed by atoms with Gasteiger partial charge in [0.1, 0.15) is 0 Å². The van der Waals surface area contributed by atoms with Crippen LogP contribution in [0.5, 0.6) is 0 Å². The molecule has 0 amide bonds. The molecule has 1 aromatic rings. The van der Waals surface area contributed by atoms with Crippen molar-refractivity contribution in [3.8, 4) is 0 Å². The van der Waals surface area contributed by atoms with Crippen LogP contribution in [0.15, 0.2) is 24.4 Å². The zero-order chi connectivity index (χ0) is 14.2. The molecule has 0 bridgehead atoms. The molecule has 6 heteroatoms. The number of rotatable bonds is 1. The summed E-state index contributed by atoms with van der Waals surface area (Å²) < 4.78 is 48.6. The first-order valence-electron chi connectivity index (χ1n) is 6.49. The van der Waals surface area contributed by atoms with E-state index in [0.29, 0.717) is 38.2 Å². The smallest absolute Gasteiger partial charge is 0.347 e. The summed E-state index contributed by atoms with van der Waals surface area (Å²) in [6.07, 6.45) is 0.501. The van der Waals surface area contributed by atoms with Gasteiger partial charge in [0.05, 0.1) is 24.5 Å². The largest absolute Gasteiger partial charge is 0.417 e. The molecular weight excluding hydrogens is 271 g/mol. The van der Waals surface area contributed by atoms with E-state index in [9.17, 15) is 13.2 Å². The van der Waals surface area contributed by atoms with Gasteiger partial charge in [0, 0.05) is 19.0 Å². The minimum absolute atomic E-state index is 0.518. The highest BCUT2D eigenvalue weighted by atomic mass is 19.4. The second kappa shape index (κ2) is 4.86. The second-order valence-corrected chi connectivity index (χ2v) is 4.97. The van der Waals surface area contributed by atoms with Gasteiger partial charge in [-0.1, -0.05) is 6.08 Å². The van der Waals surface area contributed by atoms with E-state index in [1.807, 2.05) is 6.08 Å². The minimum Gasteiger partial charge on any atom is -0.347 e. The lowest BCUT2D eigenvalue weighted by molar-refractivity contribution is -0.159. The molecule has 0 aromatic carbocycles. The van der Waals surface area contributed by atoms with Crippen molar-refractivity contribution in [3.05, 3.63) is 35.7 Å². The lowest BCUT2D eigenvalue weighted by atomic mass is 9.92. The standard InChI is InChI=1S/C14H14F3NO2/c15-14(16,17)11-1-2-12(18-9-11)10-3-5-13(6-4-10)19-7-8-20-13/h1-3,9H,4-8H2. The maximum absolute atomic E-state index is 12.5. The van der Waals surface area contributed by atoms with Crippen molar-refractivity contribution >= 4 is 5.57 Å². The van der Waals surface area contributed by atoms with Crippen LogP contribution in [-0.4, -0.2) is 24.0 Å². The van der Waals surface area contributed by atoms with Crippen LogP contribution in [0.4, 0.5) is 13.2 Å². The molecule has 0 unspecified atom stereocenters. The zero-order valence-electron chi connectivity index (χ0n) is 10.7. The van der Waals surface area contributed by atoms with E-state index in [1.165, 1.54) is 6.07 Å². The van der Waals surface area contributed by atoms with Crippen molar-refractivity contribution in [2.24, 2.45) is 0 Å². The maximum Gasteiger partial charge on any atom is 0.417 e. The number of nitrogens with zero attached hydrogens (tertiary/aromatic N) is 1. The fourth-order valence-corrected chi connectivity index (χ4v) is 2.55. The number of pyridine rings is 1. The number of halogens is 3. The molecule has 3 rings (SSSR count). The summed E-state index contributed by atoms with van der Waals surface area (Å²) in [7, 11) is 0. The summed E-state index contributed by atoms with van der Waals surface area (Å²) in [5, 5.41) is 0. The molecular formula is C14H14F3NO2. The average molecular weight is 285 g/mol. The monoisotopic (exact) mass is 285 g/mol. The van der Waals surface area contributed by atoms with Crippen LogP contribution < -0.4 is 0 Å². The van der Waals surface area contributed by atoms with Crippen LogP contribution in [0.25, 0.3) is 5.57 Å². The lowest BCUT2D eigenvalue weighted by Gasteiger charge is -2.30. The van der Waals surface area contributed by atoms with E-state index in [1.54, 1.807) is 0 Å². The third-order valence-corrected chi connectivity index (χ3v) is 3.67. The van der Waals surface area contributed by atoms with Crippen molar-refractivity contribution < 1.29 is 22.6 Å². The number of ether oxygens (including phenoxy) is 2. The summed E-state index contributed by atoms with van der Waals surface area (Å²) in [5.41, 5.74) is 0.811. The number of hydrogen-bond acceptors (Lipinski definition) is 3. The van der Waals surface area contributed by atoms with E-state index in [2.05, 4.69) is 4.98 Å². The van der Waals surface area contributed by atoms with Crippen LogP contribution in [-0.2, 0) is 15.7 Å². The Bertz CT molecular complexity index is 516. The molecule has 1 aromatic heterocycles. The normalized spacial score (nSPS) is 22.1. The topological polar surface area (TPSA) is 31.4 Å². The Morgan fingerprint density at radius 2 is 1.90 bits per heavy atom. The summed E-state index contributed by atoms with van der Waals surface area (Å²) in [6.45, 7) is 1.20. The van der Waals surface area contributed by atoms with Crippen LogP contribution in [0.2, 0.25) is 0 Å². The van der Waals surface area contributed by atoms with Crippen molar-refractivity contribution in [2.75, 3.05) is 13.2 Å². The molecule has 1 aliphatic heterocycles. The zero-order valence-corrected chi connectivity index (χ0v) is 10.7. The van der Waals surface area contributed by atoms with Crippen molar-refractivity contribution in [1.29, 1.82) is 0 Å². The molecule has 1 fully saturated rings. The highest BCUT2D eigenvalue weighted by Crippen LogP contribution is 2.38. The van der Waals surface area contributed by atoms with Gasteiger partial charge in [0.25, 0.3) is 0 Å². The van der Waals surface area contributed by atoms with Crippen molar-refractivity contribution in [1.82, 2.24) is 4.98 Å². The first-order valence-corrected chi connectivity index (χ1v) is 6.49. The van der Waals surface area contributed by atoms with Gasteiger partial charge in [-0.05, 0) is 24.1 Å². The van der Waals surface area contributed by atoms with E-state index >= 15 is 0 Å². The first kappa shape index (κ1) is 13.6. The van der Waals surface area contributed by atoms with Crippen LogP contribution in [0.1, 0.15) is 30.5 Å². The van der Waals surface area contributed by atoms with Crippen molar-refractivity contribution in [2.45, 2.75) is 31.2 Å². The molecule has 3 nitrogen and oxygen atoms in total.